The first-order valence-corrected chi connectivity index (χ1v) is 16.0. The van der Waals surface area contributed by atoms with Crippen molar-refractivity contribution in [3.63, 3.8) is 0 Å². The van der Waals surface area contributed by atoms with E-state index in [1.54, 1.807) is 0 Å². The predicted octanol–water partition coefficient (Wildman–Crippen LogP) is 5.83. The number of benzene rings is 3. The van der Waals surface area contributed by atoms with Crippen molar-refractivity contribution in [2.75, 3.05) is 20.1 Å². The monoisotopic (exact) mass is 653 g/mol. The van der Waals surface area contributed by atoms with E-state index in [2.05, 4.69) is 43.2 Å². The van der Waals surface area contributed by atoms with Crippen molar-refractivity contribution in [2.45, 2.75) is 76.6 Å². The molecule has 2 aliphatic rings. The summed E-state index contributed by atoms with van der Waals surface area (Å²) in [5.74, 6) is -2.59. The highest BCUT2D eigenvalue weighted by molar-refractivity contribution is 5.90. The van der Waals surface area contributed by atoms with E-state index in [1.807, 2.05) is 66.7 Å². The van der Waals surface area contributed by atoms with Crippen LogP contribution >= 0.6 is 0 Å². The van der Waals surface area contributed by atoms with Gasteiger partial charge in [0.15, 0.2) is 6.29 Å². The Morgan fingerprint density at radius 3 is 2.26 bits per heavy atom. The van der Waals surface area contributed by atoms with Gasteiger partial charge in [-0.15, -0.1) is 0 Å². The molecule has 0 saturated carbocycles. The smallest absolute Gasteiger partial charge is 0.392 e. The van der Waals surface area contributed by atoms with Crippen LogP contribution in [0.25, 0.3) is 0 Å². The van der Waals surface area contributed by atoms with Crippen molar-refractivity contribution in [3.8, 4) is 0 Å². The summed E-state index contributed by atoms with van der Waals surface area (Å²) in [6.45, 7) is 4.89. The number of likely N-dealkylation sites (N-methyl/N-ethyl adjacent to an activating group) is 1. The summed E-state index contributed by atoms with van der Waals surface area (Å²) in [7, 11) is 2.08. The Kier molecular flexibility index (Phi) is 11.0. The Balaban J connectivity index is 1.28. The number of alkyl halides is 3. The second kappa shape index (κ2) is 15.0. The van der Waals surface area contributed by atoms with Gasteiger partial charge in [0, 0.05) is 37.2 Å². The molecule has 8 nitrogen and oxygen atoms in total. The van der Waals surface area contributed by atoms with Gasteiger partial charge in [-0.1, -0.05) is 85.8 Å². The zero-order valence-corrected chi connectivity index (χ0v) is 26.8. The quantitative estimate of drug-likeness (QED) is 0.286. The average molecular weight is 654 g/mol. The van der Waals surface area contributed by atoms with Gasteiger partial charge in [0.25, 0.3) is 0 Å². The number of nitrogens with one attached hydrogen (secondary N) is 1. The molecule has 0 spiro atoms. The number of aliphatic hydroxyl groups is 1. The number of carbonyl (C=O) groups excluding carboxylic acids is 2. The molecule has 0 bridgehead atoms. The molecule has 2 amide bonds. The molecule has 252 valence electrons. The van der Waals surface area contributed by atoms with E-state index in [1.165, 1.54) is 5.56 Å². The van der Waals surface area contributed by atoms with E-state index < -0.39 is 30.3 Å². The first-order valence-electron chi connectivity index (χ1n) is 16.0. The van der Waals surface area contributed by atoms with Gasteiger partial charge < -0.3 is 24.8 Å². The number of amides is 2. The standard InChI is InChI=1S/C36H42F3N3O5/c1-23-31(21-41(3)24(2)27-8-5-4-6-9-27)46-34(47-32(23)28-15-13-26(22-43)14-16-28)29-17-11-25(12-18-29)20-40-33(44)30-10-7-19-42(30)35(45)36(37,38)39/h4-6,8-9,11-18,23-24,30-32,34,43H,7,10,19-22H2,1-3H3,(H,40,44)/t23-,24-,30-,31+,32+,34+/m0/s1. The first kappa shape index (κ1) is 34.6. The third-order valence-corrected chi connectivity index (χ3v) is 9.31. The van der Waals surface area contributed by atoms with Crippen LogP contribution < -0.4 is 5.32 Å². The molecule has 5 rings (SSSR count). The summed E-state index contributed by atoms with van der Waals surface area (Å²) in [6.07, 6.45) is -5.63. The molecule has 2 saturated heterocycles. The highest BCUT2D eigenvalue weighted by atomic mass is 19.4. The van der Waals surface area contributed by atoms with Crippen molar-refractivity contribution in [1.82, 2.24) is 15.1 Å². The van der Waals surface area contributed by atoms with Crippen LogP contribution in [0.2, 0.25) is 0 Å². The van der Waals surface area contributed by atoms with Crippen molar-refractivity contribution >= 4 is 11.8 Å². The summed E-state index contributed by atoms with van der Waals surface area (Å²) in [5, 5.41) is 12.2. The Hall–Kier alpha value is -3.77. The lowest BCUT2D eigenvalue weighted by molar-refractivity contribution is -0.276. The number of carbonyl (C=O) groups is 2. The maximum absolute atomic E-state index is 13.0. The van der Waals surface area contributed by atoms with Crippen molar-refractivity contribution in [3.05, 3.63) is 107 Å². The van der Waals surface area contributed by atoms with Gasteiger partial charge in [-0.05, 0) is 49.1 Å². The molecule has 2 heterocycles. The molecule has 2 N–H and O–H groups in total. The van der Waals surface area contributed by atoms with Gasteiger partial charge in [-0.2, -0.15) is 13.2 Å². The third kappa shape index (κ3) is 8.21. The summed E-state index contributed by atoms with van der Waals surface area (Å²) >= 11 is 0. The molecule has 0 aliphatic carbocycles. The first-order chi connectivity index (χ1) is 22.5. The summed E-state index contributed by atoms with van der Waals surface area (Å²) in [5.41, 5.74) is 4.52. The topological polar surface area (TPSA) is 91.3 Å². The van der Waals surface area contributed by atoms with Crippen LogP contribution in [0.1, 0.15) is 72.9 Å². The van der Waals surface area contributed by atoms with E-state index >= 15 is 0 Å². The molecule has 0 unspecified atom stereocenters. The third-order valence-electron chi connectivity index (χ3n) is 9.31. The Labute approximate surface area is 273 Å². The van der Waals surface area contributed by atoms with E-state index in [4.69, 9.17) is 9.47 Å². The van der Waals surface area contributed by atoms with Crippen LogP contribution in [-0.4, -0.2) is 65.2 Å². The van der Waals surface area contributed by atoms with E-state index in [9.17, 15) is 27.9 Å². The van der Waals surface area contributed by atoms with Crippen LogP contribution in [0, 0.1) is 5.92 Å². The highest BCUT2D eigenvalue weighted by Crippen LogP contribution is 2.42. The van der Waals surface area contributed by atoms with Gasteiger partial charge >= 0.3 is 12.1 Å². The van der Waals surface area contributed by atoms with E-state index in [-0.39, 0.29) is 50.3 Å². The number of rotatable bonds is 10. The van der Waals surface area contributed by atoms with E-state index in [0.29, 0.717) is 17.9 Å². The molecule has 0 aromatic heterocycles. The number of halogens is 3. The van der Waals surface area contributed by atoms with Crippen LogP contribution in [0.3, 0.4) is 0 Å². The average Bonchev–Trinajstić information content (AvgIpc) is 3.58. The van der Waals surface area contributed by atoms with Crippen LogP contribution in [0.4, 0.5) is 13.2 Å². The van der Waals surface area contributed by atoms with E-state index in [0.717, 1.165) is 22.3 Å². The lowest BCUT2D eigenvalue weighted by Gasteiger charge is -2.43. The van der Waals surface area contributed by atoms with Crippen LogP contribution in [-0.2, 0) is 32.2 Å². The highest BCUT2D eigenvalue weighted by Gasteiger charge is 2.47. The van der Waals surface area contributed by atoms with Crippen molar-refractivity contribution in [2.24, 2.45) is 5.92 Å². The fraction of sp³-hybridized carbons (Fsp3) is 0.444. The summed E-state index contributed by atoms with van der Waals surface area (Å²) < 4.78 is 52.1. The second-order valence-electron chi connectivity index (χ2n) is 12.5. The van der Waals surface area contributed by atoms with Gasteiger partial charge in [0.05, 0.1) is 18.8 Å². The van der Waals surface area contributed by atoms with Crippen LogP contribution in [0.15, 0.2) is 78.9 Å². The normalized spacial score (nSPS) is 23.9. The maximum atomic E-state index is 13.0. The van der Waals surface area contributed by atoms with Gasteiger partial charge in [0.1, 0.15) is 6.04 Å². The zero-order chi connectivity index (χ0) is 33.7. The van der Waals surface area contributed by atoms with Crippen LogP contribution in [0.5, 0.6) is 0 Å². The number of hydrogen-bond acceptors (Lipinski definition) is 6. The fourth-order valence-corrected chi connectivity index (χ4v) is 6.30. The molecule has 2 aliphatic heterocycles. The molecule has 2 fully saturated rings. The SMILES string of the molecule is C[C@H]1[C@@H](CN(C)[C@@H](C)c2ccccc2)O[C@@H](c2ccc(CNC(=O)[C@@H]3CCCN3C(=O)C(F)(F)F)cc2)O[C@H]1c1ccc(CO)cc1. The largest absolute Gasteiger partial charge is 0.471 e. The molecule has 11 heteroatoms. The minimum absolute atomic E-state index is 0.00511. The fourth-order valence-electron chi connectivity index (χ4n) is 6.30. The van der Waals surface area contributed by atoms with Gasteiger partial charge in [-0.3, -0.25) is 14.5 Å². The van der Waals surface area contributed by atoms with Gasteiger partial charge in [0.2, 0.25) is 5.91 Å². The molecule has 0 radical (unpaired) electrons. The minimum atomic E-state index is -5.02. The number of ether oxygens (including phenoxy) is 2. The Morgan fingerprint density at radius 2 is 1.62 bits per heavy atom. The van der Waals surface area contributed by atoms with Gasteiger partial charge in [-0.25, -0.2) is 0 Å². The molecular weight excluding hydrogens is 611 g/mol. The molecular formula is C36H42F3N3O5. The second-order valence-corrected chi connectivity index (χ2v) is 12.5. The lowest BCUT2D eigenvalue weighted by Crippen LogP contribution is -2.50. The zero-order valence-electron chi connectivity index (χ0n) is 26.8. The molecule has 3 aromatic rings. The minimum Gasteiger partial charge on any atom is -0.392 e. The number of hydrogen-bond donors (Lipinski definition) is 2. The molecule has 3 aromatic carbocycles. The lowest BCUT2D eigenvalue weighted by atomic mass is 9.89. The maximum Gasteiger partial charge on any atom is 0.471 e. The summed E-state index contributed by atoms with van der Waals surface area (Å²) in [6, 6.07) is 24.4. The number of aliphatic hydroxyl groups excluding tert-OH is 1. The Morgan fingerprint density at radius 1 is 0.979 bits per heavy atom. The van der Waals surface area contributed by atoms with Crippen molar-refractivity contribution < 1.29 is 37.3 Å². The predicted molar refractivity (Wildman–Crippen MR) is 170 cm³/mol. The summed E-state index contributed by atoms with van der Waals surface area (Å²) in [4.78, 5) is 27.4. The molecule has 6 atom stereocenters. The number of likely N-dealkylation sites (tertiary alicyclic amines) is 1. The Bertz CT molecular complexity index is 1490. The number of nitrogens with zero attached hydrogens (tertiary/aromatic N) is 2. The van der Waals surface area contributed by atoms with Crippen molar-refractivity contribution in [1.29, 1.82) is 0 Å². The molecule has 47 heavy (non-hydrogen) atoms.